The van der Waals surface area contributed by atoms with Gasteiger partial charge in [0.1, 0.15) is 5.82 Å². The van der Waals surface area contributed by atoms with E-state index >= 15 is 0 Å². The zero-order valence-electron chi connectivity index (χ0n) is 8.98. The van der Waals surface area contributed by atoms with Crippen molar-refractivity contribution >= 4 is 39.1 Å². The Kier molecular flexibility index (Phi) is 4.74. The van der Waals surface area contributed by atoms with Gasteiger partial charge in [-0.3, -0.25) is 4.79 Å². The highest BCUT2D eigenvalue weighted by Gasteiger charge is 2.13. The topological polar surface area (TPSA) is 29.1 Å². The molecule has 1 unspecified atom stereocenters. The Morgan fingerprint density at radius 1 is 1.62 bits per heavy atom. The van der Waals surface area contributed by atoms with Crippen molar-refractivity contribution in [2.24, 2.45) is 5.92 Å². The van der Waals surface area contributed by atoms with Crippen LogP contribution in [-0.2, 0) is 4.79 Å². The molecule has 1 rings (SSSR count). The average Bonchev–Trinajstić information content (AvgIpc) is 2.24. The van der Waals surface area contributed by atoms with Gasteiger partial charge in [-0.05, 0) is 40.5 Å². The SMILES string of the molecule is Cc1cc(F)c(Br)cc1NC(=O)C(C)CCl. The zero-order chi connectivity index (χ0) is 12.3. The van der Waals surface area contributed by atoms with Gasteiger partial charge in [-0.25, -0.2) is 4.39 Å². The Labute approximate surface area is 107 Å². The number of benzene rings is 1. The number of nitrogens with one attached hydrogen (secondary N) is 1. The predicted molar refractivity (Wildman–Crippen MR) is 67.4 cm³/mol. The smallest absolute Gasteiger partial charge is 0.228 e. The highest BCUT2D eigenvalue weighted by molar-refractivity contribution is 9.10. The predicted octanol–water partition coefficient (Wildman–Crippen LogP) is 3.71. The minimum Gasteiger partial charge on any atom is -0.326 e. The molecular weight excluding hydrogens is 296 g/mol. The van der Waals surface area contributed by atoms with E-state index in [-0.39, 0.29) is 23.5 Å². The number of alkyl halides is 1. The van der Waals surface area contributed by atoms with Crippen molar-refractivity contribution in [2.45, 2.75) is 13.8 Å². The first-order valence-corrected chi connectivity index (χ1v) is 6.11. The van der Waals surface area contributed by atoms with Gasteiger partial charge >= 0.3 is 0 Å². The van der Waals surface area contributed by atoms with Crippen molar-refractivity contribution in [1.82, 2.24) is 0 Å². The van der Waals surface area contributed by atoms with Gasteiger partial charge in [-0.1, -0.05) is 6.92 Å². The lowest BCUT2D eigenvalue weighted by atomic mass is 10.1. The molecule has 1 amide bonds. The van der Waals surface area contributed by atoms with Crippen molar-refractivity contribution in [3.8, 4) is 0 Å². The van der Waals surface area contributed by atoms with Crippen LogP contribution < -0.4 is 5.32 Å². The molecule has 0 bridgehead atoms. The second kappa shape index (κ2) is 5.64. The van der Waals surface area contributed by atoms with Crippen molar-refractivity contribution in [2.75, 3.05) is 11.2 Å². The van der Waals surface area contributed by atoms with E-state index in [1.807, 2.05) is 0 Å². The largest absolute Gasteiger partial charge is 0.326 e. The number of aryl methyl sites for hydroxylation is 1. The molecule has 0 radical (unpaired) electrons. The Morgan fingerprint density at radius 3 is 2.81 bits per heavy atom. The quantitative estimate of drug-likeness (QED) is 0.847. The number of hydrogen-bond acceptors (Lipinski definition) is 1. The van der Waals surface area contributed by atoms with Crippen LogP contribution in [0, 0.1) is 18.7 Å². The number of carbonyl (C=O) groups is 1. The molecule has 0 saturated heterocycles. The molecule has 5 heteroatoms. The fourth-order valence-corrected chi connectivity index (χ4v) is 1.59. The van der Waals surface area contributed by atoms with Crippen molar-refractivity contribution in [1.29, 1.82) is 0 Å². The van der Waals surface area contributed by atoms with E-state index < -0.39 is 0 Å². The van der Waals surface area contributed by atoms with E-state index in [9.17, 15) is 9.18 Å². The van der Waals surface area contributed by atoms with E-state index in [1.54, 1.807) is 19.9 Å². The van der Waals surface area contributed by atoms with Gasteiger partial charge in [-0.15, -0.1) is 11.6 Å². The van der Waals surface area contributed by atoms with E-state index in [0.717, 1.165) is 0 Å². The summed E-state index contributed by atoms with van der Waals surface area (Å²) in [5.41, 5.74) is 1.27. The number of carbonyl (C=O) groups excluding carboxylic acids is 1. The summed E-state index contributed by atoms with van der Waals surface area (Å²) in [6.45, 7) is 3.47. The Bertz CT molecular complexity index is 411. The van der Waals surface area contributed by atoms with Crippen LogP contribution in [-0.4, -0.2) is 11.8 Å². The van der Waals surface area contributed by atoms with Gasteiger partial charge in [0.15, 0.2) is 0 Å². The molecule has 88 valence electrons. The second-order valence-corrected chi connectivity index (χ2v) is 4.79. The summed E-state index contributed by atoms with van der Waals surface area (Å²) in [6.07, 6.45) is 0. The molecule has 1 N–H and O–H groups in total. The summed E-state index contributed by atoms with van der Waals surface area (Å²) in [7, 11) is 0. The molecular formula is C11H12BrClFNO. The zero-order valence-corrected chi connectivity index (χ0v) is 11.3. The number of amides is 1. The highest BCUT2D eigenvalue weighted by atomic mass is 79.9. The van der Waals surface area contributed by atoms with Gasteiger partial charge in [-0.2, -0.15) is 0 Å². The lowest BCUT2D eigenvalue weighted by Crippen LogP contribution is -2.21. The van der Waals surface area contributed by atoms with Gasteiger partial charge in [0.05, 0.1) is 4.47 Å². The third-order valence-electron chi connectivity index (χ3n) is 2.20. The van der Waals surface area contributed by atoms with Gasteiger partial charge in [0, 0.05) is 17.5 Å². The molecule has 0 saturated carbocycles. The molecule has 0 heterocycles. The van der Waals surface area contributed by atoms with E-state index in [4.69, 9.17) is 11.6 Å². The minimum absolute atomic E-state index is 0.170. The molecule has 16 heavy (non-hydrogen) atoms. The lowest BCUT2D eigenvalue weighted by molar-refractivity contribution is -0.118. The second-order valence-electron chi connectivity index (χ2n) is 3.63. The third kappa shape index (κ3) is 3.19. The molecule has 2 nitrogen and oxygen atoms in total. The standard InChI is InChI=1S/C11H12BrClFNO/c1-6-3-9(14)8(12)4-10(6)15-11(16)7(2)5-13/h3-4,7H,5H2,1-2H3,(H,15,16). The number of rotatable bonds is 3. The van der Waals surface area contributed by atoms with Crippen LogP contribution in [0.5, 0.6) is 0 Å². The molecule has 0 aliphatic heterocycles. The van der Waals surface area contributed by atoms with Crippen LogP contribution in [0.25, 0.3) is 0 Å². The van der Waals surface area contributed by atoms with Crippen LogP contribution in [0.4, 0.5) is 10.1 Å². The molecule has 0 aliphatic carbocycles. The van der Waals surface area contributed by atoms with Gasteiger partial charge < -0.3 is 5.32 Å². The molecule has 1 aromatic carbocycles. The first-order valence-electron chi connectivity index (χ1n) is 4.78. The first-order chi connectivity index (χ1) is 7.45. The summed E-state index contributed by atoms with van der Waals surface area (Å²) in [4.78, 5) is 11.6. The maximum atomic E-state index is 13.1. The van der Waals surface area contributed by atoms with Crippen molar-refractivity contribution in [3.05, 3.63) is 28.0 Å². The van der Waals surface area contributed by atoms with Gasteiger partial charge in [0.25, 0.3) is 0 Å². The number of hydrogen-bond donors (Lipinski definition) is 1. The Balaban J connectivity index is 2.90. The minimum atomic E-state index is -0.346. The molecule has 0 aliphatic rings. The third-order valence-corrected chi connectivity index (χ3v) is 3.27. The van der Waals surface area contributed by atoms with Crippen LogP contribution in [0.2, 0.25) is 0 Å². The van der Waals surface area contributed by atoms with Gasteiger partial charge in [0.2, 0.25) is 5.91 Å². The Hall–Kier alpha value is -0.610. The number of anilines is 1. The summed E-state index contributed by atoms with van der Waals surface area (Å²) in [5.74, 6) is -0.532. The van der Waals surface area contributed by atoms with E-state index in [1.165, 1.54) is 6.07 Å². The van der Waals surface area contributed by atoms with E-state index in [0.29, 0.717) is 15.7 Å². The highest BCUT2D eigenvalue weighted by Crippen LogP contribution is 2.24. The average molecular weight is 309 g/mol. The molecule has 1 atom stereocenters. The maximum Gasteiger partial charge on any atom is 0.228 e. The molecule has 0 spiro atoms. The summed E-state index contributed by atoms with van der Waals surface area (Å²) in [5, 5.41) is 2.71. The first kappa shape index (κ1) is 13.5. The van der Waals surface area contributed by atoms with E-state index in [2.05, 4.69) is 21.2 Å². The molecule has 0 aromatic heterocycles. The Morgan fingerprint density at radius 2 is 2.25 bits per heavy atom. The van der Waals surface area contributed by atoms with Crippen LogP contribution in [0.15, 0.2) is 16.6 Å². The van der Waals surface area contributed by atoms with Crippen molar-refractivity contribution < 1.29 is 9.18 Å². The summed E-state index contributed by atoms with van der Waals surface area (Å²) in [6, 6.07) is 2.91. The fourth-order valence-electron chi connectivity index (χ4n) is 1.11. The summed E-state index contributed by atoms with van der Waals surface area (Å²) >= 11 is 8.65. The van der Waals surface area contributed by atoms with Crippen molar-refractivity contribution in [3.63, 3.8) is 0 Å². The fraction of sp³-hybridized carbons (Fsp3) is 0.364. The lowest BCUT2D eigenvalue weighted by Gasteiger charge is -2.12. The van der Waals surface area contributed by atoms with Crippen LogP contribution in [0.3, 0.4) is 0 Å². The maximum absolute atomic E-state index is 13.1. The van der Waals surface area contributed by atoms with Crippen LogP contribution in [0.1, 0.15) is 12.5 Å². The molecule has 1 aromatic rings. The summed E-state index contributed by atoms with van der Waals surface area (Å²) < 4.78 is 13.5. The van der Waals surface area contributed by atoms with Crippen LogP contribution >= 0.6 is 27.5 Å². The monoisotopic (exact) mass is 307 g/mol. The normalized spacial score (nSPS) is 12.3. The number of halogens is 3. The molecule has 0 fully saturated rings.